The van der Waals surface area contributed by atoms with Crippen LogP contribution < -0.4 is 0 Å². The number of methoxy groups -OCH3 is 3. The number of aliphatic hydroxyl groups excluding tert-OH is 3. The number of ketones is 2. The van der Waals surface area contributed by atoms with Gasteiger partial charge in [0.05, 0.1) is 30.5 Å². The van der Waals surface area contributed by atoms with E-state index in [-0.39, 0.29) is 37.5 Å². The van der Waals surface area contributed by atoms with Gasteiger partial charge in [-0.1, -0.05) is 57.9 Å². The van der Waals surface area contributed by atoms with Gasteiger partial charge in [0.1, 0.15) is 24.0 Å². The molecule has 3 rings (SSSR count). The fourth-order valence-corrected chi connectivity index (χ4v) is 8.89. The van der Waals surface area contributed by atoms with E-state index in [1.165, 1.54) is 12.0 Å². The lowest BCUT2D eigenvalue weighted by Crippen LogP contribution is -2.65. The van der Waals surface area contributed by atoms with Crippen LogP contribution in [0, 0.1) is 23.7 Å². The minimum absolute atomic E-state index is 0.0254. The molecule has 14 atom stereocenters. The molecule has 0 spiro atoms. The average molecular weight is 808 g/mol. The Bertz CT molecular complexity index is 1380. The van der Waals surface area contributed by atoms with E-state index in [0.717, 1.165) is 5.57 Å². The molecule has 2 saturated heterocycles. The van der Waals surface area contributed by atoms with E-state index in [0.29, 0.717) is 56.9 Å². The lowest BCUT2D eigenvalue weighted by molar-refractivity contribution is -0.308. The Morgan fingerprint density at radius 2 is 1.74 bits per heavy atom. The first-order valence-corrected chi connectivity index (χ1v) is 21.0. The van der Waals surface area contributed by atoms with Gasteiger partial charge in [-0.2, -0.15) is 0 Å². The molecule has 3 aliphatic rings. The third-order valence-corrected chi connectivity index (χ3v) is 12.5. The van der Waals surface area contributed by atoms with Gasteiger partial charge in [-0.3, -0.25) is 19.3 Å². The number of fused-ring (bicyclic) bond motifs is 3. The molecule has 0 aromatic carbocycles. The van der Waals surface area contributed by atoms with Crippen LogP contribution in [-0.4, -0.2) is 132 Å². The molecule has 0 aliphatic carbocycles. The zero-order valence-electron chi connectivity index (χ0n) is 35.9. The minimum atomic E-state index is -2.41. The number of piperidine rings is 1. The number of rotatable bonds is 11. The summed E-state index contributed by atoms with van der Waals surface area (Å²) < 4.78 is 29.8. The highest BCUT2D eigenvalue weighted by Crippen LogP contribution is 2.39. The quantitative estimate of drug-likeness (QED) is 0.165. The van der Waals surface area contributed by atoms with Crippen LogP contribution >= 0.6 is 0 Å². The molecule has 0 radical (unpaired) electrons. The summed E-state index contributed by atoms with van der Waals surface area (Å²) >= 11 is 0. The van der Waals surface area contributed by atoms with Crippen molar-refractivity contribution < 1.29 is 58.5 Å². The monoisotopic (exact) mass is 808 g/mol. The first-order valence-electron chi connectivity index (χ1n) is 21.0. The molecule has 0 amide bonds. The van der Waals surface area contributed by atoms with Crippen molar-refractivity contribution >= 4 is 17.5 Å². The summed E-state index contributed by atoms with van der Waals surface area (Å²) in [6.07, 6.45) is 2.95. The molecule has 3 aliphatic heterocycles. The standard InChI is InChI=1S/C44H73NO12/c1-11-16-31-22-26(3)21-27(4)23-37(54-9)40-38(55-10)24-29(6)44(52,57-40)41(49)42(50)45-20-14-13-18-32(45)43(51)56-39(30(7)34(47)25-35(31)48)28(5)17-15-19-36(53-8)33(46)12-2/h11,17,22,27,29-34,36-40,42,46-47,50,52H,1,12-16,18-21,23-25H2,2-10H3/b26-22+,28-17+/t27-,29+,30+,31+,32-,33+,34-,36+,37?,38-,39+,40+,42?,44+/m0/s1. The molecule has 2 unspecified atom stereocenters. The molecule has 2 bridgehead atoms. The van der Waals surface area contributed by atoms with Crippen LogP contribution in [0.25, 0.3) is 0 Å². The smallest absolute Gasteiger partial charge is 0.324 e. The average Bonchev–Trinajstić information content (AvgIpc) is 3.19. The lowest BCUT2D eigenvalue weighted by Gasteiger charge is -2.48. The molecular weight excluding hydrogens is 734 g/mol. The van der Waals surface area contributed by atoms with Gasteiger partial charge >= 0.3 is 5.97 Å². The maximum absolute atomic E-state index is 14.3. The normalized spacial score (nSPS) is 38.2. The van der Waals surface area contributed by atoms with Crippen molar-refractivity contribution in [2.45, 2.75) is 173 Å². The van der Waals surface area contributed by atoms with Gasteiger partial charge in [0, 0.05) is 52.0 Å². The molecule has 13 nitrogen and oxygen atoms in total. The summed E-state index contributed by atoms with van der Waals surface area (Å²) in [7, 11) is 4.63. The zero-order valence-corrected chi connectivity index (χ0v) is 35.9. The number of esters is 1. The van der Waals surface area contributed by atoms with Gasteiger partial charge in [0.15, 0.2) is 6.23 Å². The van der Waals surface area contributed by atoms with Crippen molar-refractivity contribution in [2.24, 2.45) is 23.7 Å². The van der Waals surface area contributed by atoms with Crippen LogP contribution in [0.15, 0.2) is 36.0 Å². The number of allylic oxidation sites excluding steroid dienone is 4. The summed E-state index contributed by atoms with van der Waals surface area (Å²) in [6.45, 7) is 15.1. The molecule has 0 aromatic rings. The molecule has 0 aromatic heterocycles. The Balaban J connectivity index is 2.11. The molecular formula is C44H73NO12. The van der Waals surface area contributed by atoms with Crippen LogP contribution in [-0.2, 0) is 38.1 Å². The highest BCUT2D eigenvalue weighted by molar-refractivity contribution is 5.90. The van der Waals surface area contributed by atoms with Crippen molar-refractivity contribution in [2.75, 3.05) is 27.9 Å². The van der Waals surface area contributed by atoms with E-state index < -0.39 is 90.3 Å². The fourth-order valence-electron chi connectivity index (χ4n) is 8.89. The van der Waals surface area contributed by atoms with E-state index in [4.69, 9.17) is 23.7 Å². The predicted molar refractivity (Wildman–Crippen MR) is 216 cm³/mol. The second-order valence-electron chi connectivity index (χ2n) is 16.9. The fraction of sp³-hybridized carbons (Fsp3) is 0.795. The number of hydrogen-bond donors (Lipinski definition) is 4. The second kappa shape index (κ2) is 22.9. The topological polar surface area (TPSA) is 182 Å². The molecule has 326 valence electrons. The van der Waals surface area contributed by atoms with E-state index in [1.54, 1.807) is 41.1 Å². The largest absolute Gasteiger partial charge is 0.456 e. The zero-order chi connectivity index (χ0) is 42.6. The Labute approximate surface area is 340 Å². The van der Waals surface area contributed by atoms with Gasteiger partial charge in [0.25, 0.3) is 0 Å². The highest BCUT2D eigenvalue weighted by Gasteiger charge is 2.56. The summed E-state index contributed by atoms with van der Waals surface area (Å²) in [6, 6.07) is -1.05. The molecule has 0 saturated carbocycles. The van der Waals surface area contributed by atoms with E-state index in [9.17, 15) is 34.8 Å². The SMILES string of the molecule is C=CC[C@@H]1/C=C(\C)C[C@H](C)CC(OC)[C@H]2O[C@@](O)(C(=O)C(O)N3CCCC[C@H]3C(=O)O[C@H](/C(C)=C/CC[C@@H](OC)[C@H](O)CC)[C@H](C)[C@@H](O)CC1=O)[C@H](C)C[C@@H]2OC. The molecule has 2 fully saturated rings. The van der Waals surface area contributed by atoms with Crippen molar-refractivity contribution in [1.82, 2.24) is 4.90 Å². The third kappa shape index (κ3) is 12.6. The maximum atomic E-state index is 14.3. The first kappa shape index (κ1) is 49.0. The van der Waals surface area contributed by atoms with Crippen molar-refractivity contribution in [3.05, 3.63) is 36.0 Å². The molecule has 13 heteroatoms. The number of carbonyl (C=O) groups is 3. The van der Waals surface area contributed by atoms with Gasteiger partial charge in [-0.25, -0.2) is 0 Å². The molecule has 3 heterocycles. The van der Waals surface area contributed by atoms with Gasteiger partial charge in [0.2, 0.25) is 11.6 Å². The van der Waals surface area contributed by atoms with Crippen molar-refractivity contribution in [3.8, 4) is 0 Å². The van der Waals surface area contributed by atoms with Crippen LogP contribution in [0.2, 0.25) is 0 Å². The van der Waals surface area contributed by atoms with Crippen LogP contribution in [0.1, 0.15) is 112 Å². The summed E-state index contributed by atoms with van der Waals surface area (Å²) in [5.41, 5.74) is 1.60. The number of carbonyl (C=O) groups excluding carboxylic acids is 3. The number of hydrogen-bond acceptors (Lipinski definition) is 13. The highest BCUT2D eigenvalue weighted by atomic mass is 16.7. The number of nitrogens with zero attached hydrogens (tertiary/aromatic N) is 1. The number of Topliss-reactive ketones (excluding diaryl/α,β-unsaturated/α-hetero) is 2. The van der Waals surface area contributed by atoms with E-state index in [1.807, 2.05) is 32.9 Å². The number of aliphatic hydroxyl groups is 4. The Morgan fingerprint density at radius 3 is 2.35 bits per heavy atom. The van der Waals surface area contributed by atoms with Gasteiger partial charge < -0.3 is 44.1 Å². The second-order valence-corrected chi connectivity index (χ2v) is 16.9. The predicted octanol–water partition coefficient (Wildman–Crippen LogP) is 4.82. The van der Waals surface area contributed by atoms with Crippen molar-refractivity contribution in [1.29, 1.82) is 0 Å². The summed E-state index contributed by atoms with van der Waals surface area (Å²) in [5, 5.41) is 45.9. The molecule has 4 N–H and O–H groups in total. The van der Waals surface area contributed by atoms with E-state index >= 15 is 0 Å². The Morgan fingerprint density at radius 1 is 1.07 bits per heavy atom. The first-order chi connectivity index (χ1) is 27.0. The van der Waals surface area contributed by atoms with Crippen LogP contribution in [0.3, 0.4) is 0 Å². The third-order valence-electron chi connectivity index (χ3n) is 12.5. The van der Waals surface area contributed by atoms with E-state index in [2.05, 4.69) is 6.58 Å². The number of cyclic esters (lactones) is 1. The van der Waals surface area contributed by atoms with Crippen molar-refractivity contribution in [3.63, 3.8) is 0 Å². The van der Waals surface area contributed by atoms with Gasteiger partial charge in [-0.15, -0.1) is 6.58 Å². The Kier molecular flexibility index (Phi) is 19.7. The minimum Gasteiger partial charge on any atom is -0.456 e. The maximum Gasteiger partial charge on any atom is 0.324 e. The summed E-state index contributed by atoms with van der Waals surface area (Å²) in [5.74, 6) is -6.27. The number of ether oxygens (including phenoxy) is 5. The Hall–Kier alpha value is -2.33. The summed E-state index contributed by atoms with van der Waals surface area (Å²) in [4.78, 5) is 43.8. The molecule has 57 heavy (non-hydrogen) atoms. The lowest BCUT2D eigenvalue weighted by atomic mass is 9.81. The van der Waals surface area contributed by atoms with Crippen LogP contribution in [0.5, 0.6) is 0 Å². The van der Waals surface area contributed by atoms with Gasteiger partial charge in [-0.05, 0) is 83.1 Å². The van der Waals surface area contributed by atoms with Crippen LogP contribution in [0.4, 0.5) is 0 Å².